The smallest absolute Gasteiger partial charge is 0.191 e. The summed E-state index contributed by atoms with van der Waals surface area (Å²) in [5.41, 5.74) is 8.24. The third-order valence-electron chi connectivity index (χ3n) is 4.12. The number of aromatic nitrogens is 2. The van der Waals surface area contributed by atoms with Crippen molar-refractivity contribution in [2.45, 2.75) is 32.2 Å². The van der Waals surface area contributed by atoms with Crippen molar-refractivity contribution in [1.29, 1.82) is 0 Å². The molecule has 5 heteroatoms. The molecular weight excluding hydrogens is 286 g/mol. The van der Waals surface area contributed by atoms with Crippen LogP contribution in [0.4, 0.5) is 0 Å². The Bertz CT molecular complexity index is 628. The van der Waals surface area contributed by atoms with Crippen LogP contribution in [-0.4, -0.2) is 33.9 Å². The van der Waals surface area contributed by atoms with Crippen LogP contribution in [0.1, 0.15) is 31.5 Å². The van der Waals surface area contributed by atoms with Crippen molar-refractivity contribution in [3.63, 3.8) is 0 Å². The van der Waals surface area contributed by atoms with Gasteiger partial charge in [-0.3, -0.25) is 0 Å². The standard InChI is InChI=1S/C18H23N5/c19-18(23-10-6-1-2-7-11-23)22-14-17-20-12-16(13-21-17)15-8-4-3-5-9-15/h3-5,8-9,12-13H,1-2,6-7,10-11,14H2,(H2,19,22). The quantitative estimate of drug-likeness (QED) is 0.699. The summed E-state index contributed by atoms with van der Waals surface area (Å²) >= 11 is 0. The van der Waals surface area contributed by atoms with Gasteiger partial charge in [-0.1, -0.05) is 43.2 Å². The van der Waals surface area contributed by atoms with E-state index in [1.54, 1.807) is 0 Å². The Balaban J connectivity index is 1.62. The van der Waals surface area contributed by atoms with Crippen LogP contribution in [-0.2, 0) is 6.54 Å². The first-order chi connectivity index (χ1) is 11.3. The zero-order chi connectivity index (χ0) is 15.9. The third-order valence-corrected chi connectivity index (χ3v) is 4.12. The van der Waals surface area contributed by atoms with Crippen molar-refractivity contribution in [2.75, 3.05) is 13.1 Å². The Morgan fingerprint density at radius 1 is 0.957 bits per heavy atom. The normalized spacial score (nSPS) is 16.2. The zero-order valence-corrected chi connectivity index (χ0v) is 13.4. The van der Waals surface area contributed by atoms with Crippen molar-refractivity contribution in [3.05, 3.63) is 48.5 Å². The summed E-state index contributed by atoms with van der Waals surface area (Å²) in [6.07, 6.45) is 8.64. The van der Waals surface area contributed by atoms with Gasteiger partial charge in [0.2, 0.25) is 0 Å². The Morgan fingerprint density at radius 3 is 2.26 bits per heavy atom. The number of benzene rings is 1. The van der Waals surface area contributed by atoms with Gasteiger partial charge >= 0.3 is 0 Å². The summed E-state index contributed by atoms with van der Waals surface area (Å²) in [4.78, 5) is 15.4. The lowest BCUT2D eigenvalue weighted by atomic mass is 10.1. The van der Waals surface area contributed by atoms with E-state index in [2.05, 4.69) is 19.9 Å². The summed E-state index contributed by atoms with van der Waals surface area (Å²) in [5, 5.41) is 0. The van der Waals surface area contributed by atoms with Crippen molar-refractivity contribution >= 4 is 5.96 Å². The molecule has 1 fully saturated rings. The number of nitrogens with zero attached hydrogens (tertiary/aromatic N) is 4. The molecule has 1 aliphatic rings. The molecule has 0 spiro atoms. The van der Waals surface area contributed by atoms with Gasteiger partial charge in [-0.2, -0.15) is 0 Å². The molecule has 1 aliphatic heterocycles. The van der Waals surface area contributed by atoms with Crippen molar-refractivity contribution in [3.8, 4) is 11.1 Å². The number of hydrogen-bond donors (Lipinski definition) is 1. The van der Waals surface area contributed by atoms with Crippen LogP contribution in [0.2, 0.25) is 0 Å². The number of guanidine groups is 1. The van der Waals surface area contributed by atoms with Crippen LogP contribution in [0.15, 0.2) is 47.7 Å². The second-order valence-corrected chi connectivity index (χ2v) is 5.83. The Hall–Kier alpha value is -2.43. The van der Waals surface area contributed by atoms with Gasteiger partial charge < -0.3 is 10.6 Å². The fourth-order valence-electron chi connectivity index (χ4n) is 2.77. The molecule has 0 amide bonds. The van der Waals surface area contributed by atoms with Gasteiger partial charge in [-0.05, 0) is 18.4 Å². The van der Waals surface area contributed by atoms with E-state index < -0.39 is 0 Å². The highest BCUT2D eigenvalue weighted by Crippen LogP contribution is 2.16. The zero-order valence-electron chi connectivity index (χ0n) is 13.4. The minimum Gasteiger partial charge on any atom is -0.370 e. The van der Waals surface area contributed by atoms with Crippen LogP contribution >= 0.6 is 0 Å². The lowest BCUT2D eigenvalue weighted by Crippen LogP contribution is -2.38. The van der Waals surface area contributed by atoms with Crippen LogP contribution in [0.25, 0.3) is 11.1 Å². The molecule has 1 aromatic heterocycles. The number of aliphatic imine (C=N–C) groups is 1. The van der Waals surface area contributed by atoms with Gasteiger partial charge in [0.15, 0.2) is 5.96 Å². The summed E-state index contributed by atoms with van der Waals surface area (Å²) in [5.74, 6) is 1.31. The molecule has 0 aliphatic carbocycles. The molecule has 120 valence electrons. The maximum absolute atomic E-state index is 6.11. The highest BCUT2D eigenvalue weighted by molar-refractivity contribution is 5.78. The minimum atomic E-state index is 0.428. The fourth-order valence-corrected chi connectivity index (χ4v) is 2.77. The van der Waals surface area contributed by atoms with E-state index in [1.807, 2.05) is 42.7 Å². The molecule has 0 bridgehead atoms. The van der Waals surface area contributed by atoms with E-state index in [9.17, 15) is 0 Å². The van der Waals surface area contributed by atoms with Crippen LogP contribution in [0.3, 0.4) is 0 Å². The molecule has 23 heavy (non-hydrogen) atoms. The van der Waals surface area contributed by atoms with Gasteiger partial charge in [0.1, 0.15) is 12.4 Å². The van der Waals surface area contributed by atoms with Crippen LogP contribution in [0.5, 0.6) is 0 Å². The molecule has 1 aromatic carbocycles. The van der Waals surface area contributed by atoms with Crippen molar-refractivity contribution in [2.24, 2.45) is 10.7 Å². The molecule has 2 heterocycles. The highest BCUT2D eigenvalue weighted by Gasteiger charge is 2.10. The Morgan fingerprint density at radius 2 is 1.61 bits per heavy atom. The molecule has 0 unspecified atom stereocenters. The summed E-state index contributed by atoms with van der Waals surface area (Å²) in [6, 6.07) is 10.1. The largest absolute Gasteiger partial charge is 0.370 e. The van der Waals surface area contributed by atoms with Crippen molar-refractivity contribution < 1.29 is 0 Å². The second-order valence-electron chi connectivity index (χ2n) is 5.83. The van der Waals surface area contributed by atoms with E-state index in [1.165, 1.54) is 25.7 Å². The van der Waals surface area contributed by atoms with Gasteiger partial charge in [0.05, 0.1) is 0 Å². The van der Waals surface area contributed by atoms with Gasteiger partial charge in [-0.25, -0.2) is 15.0 Å². The average molecular weight is 309 g/mol. The molecule has 5 nitrogen and oxygen atoms in total. The van der Waals surface area contributed by atoms with Crippen LogP contribution < -0.4 is 5.73 Å². The summed E-state index contributed by atoms with van der Waals surface area (Å²) < 4.78 is 0. The predicted octanol–water partition coefficient (Wildman–Crippen LogP) is 2.83. The number of likely N-dealkylation sites (tertiary alicyclic amines) is 1. The van der Waals surface area contributed by atoms with Crippen molar-refractivity contribution in [1.82, 2.24) is 14.9 Å². The maximum atomic E-state index is 6.11. The second kappa shape index (κ2) is 7.72. The average Bonchev–Trinajstić information content (AvgIpc) is 2.90. The SMILES string of the molecule is NC(=NCc1ncc(-c2ccccc2)cn1)N1CCCCCC1. The first kappa shape index (κ1) is 15.5. The minimum absolute atomic E-state index is 0.428. The fraction of sp³-hybridized carbons (Fsp3) is 0.389. The number of rotatable bonds is 3. The Labute approximate surface area is 137 Å². The highest BCUT2D eigenvalue weighted by atomic mass is 15.2. The molecule has 3 rings (SSSR count). The number of nitrogens with two attached hydrogens (primary N) is 1. The summed E-state index contributed by atoms with van der Waals surface area (Å²) in [7, 11) is 0. The molecule has 0 saturated carbocycles. The molecular formula is C18H23N5. The van der Waals surface area contributed by atoms with Gasteiger partial charge in [0.25, 0.3) is 0 Å². The maximum Gasteiger partial charge on any atom is 0.191 e. The Kier molecular flexibility index (Phi) is 5.19. The first-order valence-corrected chi connectivity index (χ1v) is 8.24. The molecule has 1 saturated heterocycles. The topological polar surface area (TPSA) is 67.4 Å². The lowest BCUT2D eigenvalue weighted by molar-refractivity contribution is 0.428. The van der Waals surface area contributed by atoms with Crippen LogP contribution in [0, 0.1) is 0 Å². The van der Waals surface area contributed by atoms with E-state index in [0.717, 1.165) is 24.2 Å². The first-order valence-electron chi connectivity index (χ1n) is 8.24. The lowest BCUT2D eigenvalue weighted by Gasteiger charge is -2.20. The summed E-state index contributed by atoms with van der Waals surface area (Å²) in [6.45, 7) is 2.43. The third kappa shape index (κ3) is 4.28. The van der Waals surface area contributed by atoms with Gasteiger partial charge in [0, 0.05) is 31.0 Å². The van der Waals surface area contributed by atoms with E-state index in [0.29, 0.717) is 18.3 Å². The molecule has 0 atom stereocenters. The van der Waals surface area contributed by atoms with Gasteiger partial charge in [-0.15, -0.1) is 0 Å². The van der Waals surface area contributed by atoms with E-state index in [4.69, 9.17) is 5.73 Å². The molecule has 2 N–H and O–H groups in total. The molecule has 0 radical (unpaired) electrons. The molecule has 2 aromatic rings. The van der Waals surface area contributed by atoms with E-state index in [-0.39, 0.29) is 0 Å². The predicted molar refractivity (Wildman–Crippen MR) is 92.8 cm³/mol. The number of hydrogen-bond acceptors (Lipinski definition) is 3. The monoisotopic (exact) mass is 309 g/mol. The van der Waals surface area contributed by atoms with E-state index >= 15 is 0 Å².